The number of rotatable bonds is 8. The zero-order valence-electron chi connectivity index (χ0n) is 16.0. The fraction of sp³-hybridized carbons (Fsp3) is 0.300. The Labute approximate surface area is 168 Å². The van der Waals surface area contributed by atoms with E-state index in [2.05, 4.69) is 10.6 Å². The van der Waals surface area contributed by atoms with E-state index in [0.717, 1.165) is 16.9 Å². The topological polar surface area (TPSA) is 101 Å². The van der Waals surface area contributed by atoms with Crippen molar-refractivity contribution in [1.82, 2.24) is 10.6 Å². The number of amides is 2. The van der Waals surface area contributed by atoms with Crippen molar-refractivity contribution in [2.24, 2.45) is 0 Å². The van der Waals surface area contributed by atoms with Crippen molar-refractivity contribution in [1.29, 1.82) is 0 Å². The molecule has 1 atom stereocenters. The van der Waals surface area contributed by atoms with Gasteiger partial charge in [-0.3, -0.25) is 19.7 Å². The third-order valence-electron chi connectivity index (χ3n) is 3.96. The van der Waals surface area contributed by atoms with Crippen LogP contribution in [0.4, 0.5) is 5.69 Å². The van der Waals surface area contributed by atoms with Crippen LogP contribution in [0.15, 0.2) is 52.3 Å². The predicted molar refractivity (Wildman–Crippen MR) is 109 cm³/mol. The van der Waals surface area contributed by atoms with Gasteiger partial charge < -0.3 is 10.6 Å². The van der Waals surface area contributed by atoms with Gasteiger partial charge in [0.15, 0.2) is 0 Å². The summed E-state index contributed by atoms with van der Waals surface area (Å²) in [5, 5.41) is 16.7. The zero-order chi connectivity index (χ0) is 20.7. The molecule has 148 valence electrons. The van der Waals surface area contributed by atoms with E-state index in [4.69, 9.17) is 0 Å². The van der Waals surface area contributed by atoms with Crippen LogP contribution in [0.1, 0.15) is 36.2 Å². The molecule has 8 heteroatoms. The van der Waals surface area contributed by atoms with E-state index in [1.807, 2.05) is 38.1 Å². The largest absolute Gasteiger partial charge is 0.354 e. The second-order valence-corrected chi connectivity index (χ2v) is 7.46. The zero-order valence-corrected chi connectivity index (χ0v) is 16.8. The van der Waals surface area contributed by atoms with Crippen LogP contribution < -0.4 is 10.6 Å². The maximum atomic E-state index is 12.4. The number of nitro benzene ring substituents is 1. The van der Waals surface area contributed by atoms with Crippen molar-refractivity contribution in [2.45, 2.75) is 43.0 Å². The minimum Gasteiger partial charge on any atom is -0.354 e. The highest BCUT2D eigenvalue weighted by atomic mass is 32.2. The number of benzene rings is 2. The molecule has 0 bridgehead atoms. The van der Waals surface area contributed by atoms with Gasteiger partial charge in [0, 0.05) is 23.1 Å². The number of hydrogen-bond acceptors (Lipinski definition) is 5. The molecule has 0 fully saturated rings. The molecule has 0 heterocycles. The average molecular weight is 401 g/mol. The van der Waals surface area contributed by atoms with Crippen LogP contribution in [0.25, 0.3) is 0 Å². The Bertz CT molecular complexity index is 868. The maximum absolute atomic E-state index is 12.4. The molecule has 0 aliphatic carbocycles. The molecular weight excluding hydrogens is 378 g/mol. The highest BCUT2D eigenvalue weighted by Gasteiger charge is 2.21. The fourth-order valence-electron chi connectivity index (χ4n) is 2.37. The van der Waals surface area contributed by atoms with Crippen molar-refractivity contribution in [3.63, 3.8) is 0 Å². The Morgan fingerprint density at radius 2 is 1.86 bits per heavy atom. The smallest absolute Gasteiger partial charge is 0.284 e. The first-order chi connectivity index (χ1) is 13.3. The van der Waals surface area contributed by atoms with Gasteiger partial charge in [0.05, 0.1) is 9.82 Å². The third kappa shape index (κ3) is 5.82. The Morgan fingerprint density at radius 3 is 2.46 bits per heavy atom. The van der Waals surface area contributed by atoms with Gasteiger partial charge in [0.1, 0.15) is 6.04 Å². The first kappa shape index (κ1) is 21.4. The van der Waals surface area contributed by atoms with Crippen LogP contribution in [0.2, 0.25) is 0 Å². The first-order valence-electron chi connectivity index (χ1n) is 8.93. The lowest BCUT2D eigenvalue weighted by Crippen LogP contribution is -2.45. The molecule has 0 saturated carbocycles. The van der Waals surface area contributed by atoms with Crippen molar-refractivity contribution in [3.8, 4) is 0 Å². The number of nitrogens with one attached hydrogen (secondary N) is 2. The summed E-state index contributed by atoms with van der Waals surface area (Å²) >= 11 is 1.26. The minimum atomic E-state index is -0.736. The lowest BCUT2D eigenvalue weighted by atomic mass is 10.1. The summed E-state index contributed by atoms with van der Waals surface area (Å²) in [6.07, 6.45) is 0.790. The first-order valence-corrected chi connectivity index (χ1v) is 9.75. The molecule has 2 aromatic carbocycles. The van der Waals surface area contributed by atoms with Gasteiger partial charge in [-0.15, -0.1) is 0 Å². The molecule has 2 N–H and O–H groups in total. The van der Waals surface area contributed by atoms with E-state index in [0.29, 0.717) is 11.4 Å². The van der Waals surface area contributed by atoms with Crippen LogP contribution in [0, 0.1) is 17.0 Å². The Balaban J connectivity index is 2.17. The SMILES string of the molecule is CCCNC(=O)[C@H](C)NC(=O)c1ccc(Sc2ccc(C)cc2)c([N+](=O)[O-])c1. The van der Waals surface area contributed by atoms with E-state index in [9.17, 15) is 19.7 Å². The molecule has 7 nitrogen and oxygen atoms in total. The van der Waals surface area contributed by atoms with E-state index in [1.165, 1.54) is 23.9 Å². The molecule has 0 spiro atoms. The maximum Gasteiger partial charge on any atom is 0.284 e. The van der Waals surface area contributed by atoms with Gasteiger partial charge in [0.2, 0.25) is 5.91 Å². The predicted octanol–water partition coefficient (Wildman–Crippen LogP) is 3.70. The molecule has 0 radical (unpaired) electrons. The highest BCUT2D eigenvalue weighted by Crippen LogP contribution is 2.35. The molecule has 2 aromatic rings. The van der Waals surface area contributed by atoms with Crippen molar-refractivity contribution in [2.75, 3.05) is 6.54 Å². The Morgan fingerprint density at radius 1 is 1.18 bits per heavy atom. The van der Waals surface area contributed by atoms with Crippen LogP contribution >= 0.6 is 11.8 Å². The van der Waals surface area contributed by atoms with Gasteiger partial charge in [-0.05, 0) is 44.5 Å². The average Bonchev–Trinajstić information content (AvgIpc) is 2.67. The van der Waals surface area contributed by atoms with E-state index in [-0.39, 0.29) is 17.2 Å². The number of hydrogen-bond donors (Lipinski definition) is 2. The summed E-state index contributed by atoms with van der Waals surface area (Å²) < 4.78 is 0. The minimum absolute atomic E-state index is 0.134. The summed E-state index contributed by atoms with van der Waals surface area (Å²) in [6.45, 7) is 5.99. The van der Waals surface area contributed by atoms with Crippen molar-refractivity contribution in [3.05, 3.63) is 63.7 Å². The number of carbonyl (C=O) groups excluding carboxylic acids is 2. The molecule has 0 unspecified atom stereocenters. The lowest BCUT2D eigenvalue weighted by Gasteiger charge is -2.14. The van der Waals surface area contributed by atoms with Crippen LogP contribution in [0.3, 0.4) is 0 Å². The molecule has 28 heavy (non-hydrogen) atoms. The molecule has 0 aliphatic rings. The lowest BCUT2D eigenvalue weighted by molar-refractivity contribution is -0.387. The van der Waals surface area contributed by atoms with E-state index < -0.39 is 16.9 Å². The summed E-state index contributed by atoms with van der Waals surface area (Å²) in [5.41, 5.74) is 1.08. The quantitative estimate of drug-likeness (QED) is 0.519. The van der Waals surface area contributed by atoms with Gasteiger partial charge in [-0.1, -0.05) is 36.4 Å². The Hall–Kier alpha value is -2.87. The molecule has 0 saturated heterocycles. The normalized spacial score (nSPS) is 11.5. The van der Waals surface area contributed by atoms with E-state index >= 15 is 0 Å². The van der Waals surface area contributed by atoms with Gasteiger partial charge in [0.25, 0.3) is 11.6 Å². The van der Waals surface area contributed by atoms with E-state index in [1.54, 1.807) is 13.0 Å². The third-order valence-corrected chi connectivity index (χ3v) is 5.03. The number of carbonyl (C=O) groups is 2. The van der Waals surface area contributed by atoms with Crippen LogP contribution in [-0.2, 0) is 4.79 Å². The number of nitrogens with zero attached hydrogens (tertiary/aromatic N) is 1. The summed E-state index contributed by atoms with van der Waals surface area (Å²) in [6, 6.07) is 11.2. The summed E-state index contributed by atoms with van der Waals surface area (Å²) in [7, 11) is 0. The van der Waals surface area contributed by atoms with Crippen LogP contribution in [0.5, 0.6) is 0 Å². The molecule has 0 aromatic heterocycles. The monoisotopic (exact) mass is 401 g/mol. The summed E-state index contributed by atoms with van der Waals surface area (Å²) in [5.74, 6) is -0.828. The summed E-state index contributed by atoms with van der Waals surface area (Å²) in [4.78, 5) is 36.6. The highest BCUT2D eigenvalue weighted by molar-refractivity contribution is 7.99. The standard InChI is InChI=1S/C20H23N3O4S/c1-4-11-21-19(24)14(3)22-20(25)15-7-10-18(17(12-15)23(26)27)28-16-8-5-13(2)6-9-16/h5-10,12,14H,4,11H2,1-3H3,(H,21,24)(H,22,25)/t14-/m0/s1. The number of aryl methyl sites for hydroxylation is 1. The second-order valence-electron chi connectivity index (χ2n) is 6.34. The fourth-order valence-corrected chi connectivity index (χ4v) is 3.27. The van der Waals surface area contributed by atoms with Crippen LogP contribution in [-0.4, -0.2) is 29.3 Å². The molecular formula is C20H23N3O4S. The Kier molecular flexibility index (Phi) is 7.57. The molecule has 0 aliphatic heterocycles. The molecule has 2 rings (SSSR count). The second kappa shape index (κ2) is 9.89. The van der Waals surface area contributed by atoms with Gasteiger partial charge in [-0.2, -0.15) is 0 Å². The number of nitro groups is 1. The van der Waals surface area contributed by atoms with Gasteiger partial charge in [-0.25, -0.2) is 0 Å². The van der Waals surface area contributed by atoms with Gasteiger partial charge >= 0.3 is 0 Å². The molecule has 2 amide bonds. The van der Waals surface area contributed by atoms with Crippen molar-refractivity contribution >= 4 is 29.3 Å². The van der Waals surface area contributed by atoms with Crippen molar-refractivity contribution < 1.29 is 14.5 Å².